The lowest BCUT2D eigenvalue weighted by molar-refractivity contribution is -0.146. The standard InChI is InChI=1S/C28H29N3O4S/c1-5-34-27(32)23-16(3)30-17(4)24(28(33)35-6-2)25(23)19-10-7-11-20(13-19)26-31-22(15-36-26)18-9-8-12-21(29)14-18/h7-15,23,25H,5-6,29H2,1-4H3. The minimum absolute atomic E-state index is 0.223. The van der Waals surface area contributed by atoms with Crippen LogP contribution in [0, 0.1) is 5.92 Å². The Bertz CT molecular complexity index is 1360. The highest BCUT2D eigenvalue weighted by atomic mass is 32.1. The van der Waals surface area contributed by atoms with Gasteiger partial charge in [-0.15, -0.1) is 11.3 Å². The molecule has 1 aliphatic rings. The summed E-state index contributed by atoms with van der Waals surface area (Å²) in [6.07, 6.45) is 0. The zero-order valence-corrected chi connectivity index (χ0v) is 21.6. The van der Waals surface area contributed by atoms with Crippen molar-refractivity contribution >= 4 is 34.7 Å². The molecule has 3 aromatic rings. The number of benzene rings is 2. The second-order valence-electron chi connectivity index (χ2n) is 8.47. The molecular weight excluding hydrogens is 474 g/mol. The first kappa shape index (κ1) is 25.3. The van der Waals surface area contributed by atoms with Gasteiger partial charge in [0, 0.05) is 39.5 Å². The quantitative estimate of drug-likeness (QED) is 0.331. The third-order valence-electron chi connectivity index (χ3n) is 6.04. The van der Waals surface area contributed by atoms with Crippen LogP contribution in [0.3, 0.4) is 0 Å². The van der Waals surface area contributed by atoms with Gasteiger partial charge in [-0.05, 0) is 51.5 Å². The number of thiazole rings is 1. The van der Waals surface area contributed by atoms with Crippen molar-refractivity contribution in [2.45, 2.75) is 33.6 Å². The summed E-state index contributed by atoms with van der Waals surface area (Å²) in [7, 11) is 0. The molecule has 1 aliphatic heterocycles. The molecule has 2 N–H and O–H groups in total. The van der Waals surface area contributed by atoms with Crippen LogP contribution in [0.2, 0.25) is 0 Å². The molecule has 0 saturated carbocycles. The monoisotopic (exact) mass is 503 g/mol. The van der Waals surface area contributed by atoms with E-state index in [1.54, 1.807) is 27.7 Å². The van der Waals surface area contributed by atoms with Crippen LogP contribution in [-0.4, -0.2) is 35.8 Å². The predicted molar refractivity (Wildman–Crippen MR) is 143 cm³/mol. The fourth-order valence-corrected chi connectivity index (χ4v) is 5.34. The number of nitrogen functional groups attached to an aromatic ring is 1. The Balaban J connectivity index is 1.78. The lowest BCUT2D eigenvalue weighted by atomic mass is 9.75. The number of aliphatic imine (C=N–C) groups is 1. The zero-order valence-electron chi connectivity index (χ0n) is 20.8. The second kappa shape index (κ2) is 10.9. The van der Waals surface area contributed by atoms with Gasteiger partial charge in [0.1, 0.15) is 10.9 Å². The maximum absolute atomic E-state index is 13.1. The molecular formula is C28H29N3O4S. The maximum Gasteiger partial charge on any atom is 0.336 e. The van der Waals surface area contributed by atoms with Crippen molar-refractivity contribution in [2.75, 3.05) is 18.9 Å². The Kier molecular flexibility index (Phi) is 7.64. The number of nitrogens with two attached hydrogens (primary N) is 1. The first-order valence-corrected chi connectivity index (χ1v) is 12.7. The number of anilines is 1. The van der Waals surface area contributed by atoms with E-state index in [9.17, 15) is 9.59 Å². The molecule has 2 aromatic carbocycles. The fraction of sp³-hybridized carbons (Fsp3) is 0.286. The molecule has 0 aliphatic carbocycles. The van der Waals surface area contributed by atoms with Crippen molar-refractivity contribution in [1.82, 2.24) is 4.98 Å². The summed E-state index contributed by atoms with van der Waals surface area (Å²) in [5.41, 5.74) is 11.6. The van der Waals surface area contributed by atoms with E-state index in [0.717, 1.165) is 27.4 Å². The van der Waals surface area contributed by atoms with E-state index in [4.69, 9.17) is 20.2 Å². The number of rotatable bonds is 7. The molecule has 7 nitrogen and oxygen atoms in total. The molecule has 186 valence electrons. The highest BCUT2D eigenvalue weighted by molar-refractivity contribution is 7.13. The van der Waals surface area contributed by atoms with Crippen molar-refractivity contribution in [3.05, 3.63) is 70.7 Å². The molecule has 2 atom stereocenters. The summed E-state index contributed by atoms with van der Waals surface area (Å²) in [6, 6.07) is 15.4. The van der Waals surface area contributed by atoms with E-state index in [0.29, 0.717) is 22.7 Å². The van der Waals surface area contributed by atoms with Gasteiger partial charge in [-0.25, -0.2) is 9.78 Å². The van der Waals surface area contributed by atoms with Crippen molar-refractivity contribution in [3.63, 3.8) is 0 Å². The molecule has 0 spiro atoms. The van der Waals surface area contributed by atoms with Gasteiger partial charge in [-0.3, -0.25) is 9.79 Å². The molecule has 4 rings (SSSR count). The third-order valence-corrected chi connectivity index (χ3v) is 6.93. The van der Waals surface area contributed by atoms with Crippen molar-refractivity contribution in [3.8, 4) is 21.8 Å². The average molecular weight is 504 g/mol. The molecule has 2 heterocycles. The summed E-state index contributed by atoms with van der Waals surface area (Å²) in [6.45, 7) is 7.54. The van der Waals surface area contributed by atoms with Crippen LogP contribution in [0.15, 0.2) is 70.2 Å². The van der Waals surface area contributed by atoms with Crippen molar-refractivity contribution in [1.29, 1.82) is 0 Å². The third kappa shape index (κ3) is 5.09. The van der Waals surface area contributed by atoms with E-state index < -0.39 is 23.8 Å². The van der Waals surface area contributed by atoms with E-state index in [1.165, 1.54) is 11.3 Å². The number of hydrogen-bond donors (Lipinski definition) is 1. The fourth-order valence-electron chi connectivity index (χ4n) is 4.51. The van der Waals surface area contributed by atoms with Crippen LogP contribution >= 0.6 is 11.3 Å². The zero-order chi connectivity index (χ0) is 25.8. The van der Waals surface area contributed by atoms with Gasteiger partial charge in [-0.2, -0.15) is 0 Å². The van der Waals surface area contributed by atoms with Crippen LogP contribution in [0.1, 0.15) is 39.2 Å². The van der Waals surface area contributed by atoms with Crippen LogP contribution in [0.25, 0.3) is 21.8 Å². The van der Waals surface area contributed by atoms with Gasteiger partial charge in [-0.1, -0.05) is 30.3 Å². The summed E-state index contributed by atoms with van der Waals surface area (Å²) in [4.78, 5) is 35.5. The van der Waals surface area contributed by atoms with Crippen LogP contribution in [0.5, 0.6) is 0 Å². The molecule has 0 radical (unpaired) electrons. The Labute approximate surface area is 214 Å². The minimum atomic E-state index is -0.734. The van der Waals surface area contributed by atoms with Gasteiger partial charge < -0.3 is 15.2 Å². The number of carbonyl (C=O) groups is 2. The number of carbonyl (C=O) groups excluding carboxylic acids is 2. The molecule has 0 saturated heterocycles. The van der Waals surface area contributed by atoms with Gasteiger partial charge in [0.15, 0.2) is 0 Å². The topological polar surface area (TPSA) is 104 Å². The molecule has 0 fully saturated rings. The number of hydrogen-bond acceptors (Lipinski definition) is 8. The average Bonchev–Trinajstić information content (AvgIpc) is 3.34. The lowest BCUT2D eigenvalue weighted by Gasteiger charge is -2.31. The molecule has 0 amide bonds. The van der Waals surface area contributed by atoms with Crippen LogP contribution in [-0.2, 0) is 19.1 Å². The Morgan fingerprint density at radius 1 is 1.00 bits per heavy atom. The minimum Gasteiger partial charge on any atom is -0.465 e. The highest BCUT2D eigenvalue weighted by Crippen LogP contribution is 2.41. The number of aromatic nitrogens is 1. The summed E-state index contributed by atoms with van der Waals surface area (Å²) >= 11 is 1.52. The van der Waals surface area contributed by atoms with E-state index in [-0.39, 0.29) is 13.2 Å². The smallest absolute Gasteiger partial charge is 0.336 e. The number of esters is 2. The predicted octanol–water partition coefficient (Wildman–Crippen LogP) is 5.63. The van der Waals surface area contributed by atoms with E-state index >= 15 is 0 Å². The molecule has 36 heavy (non-hydrogen) atoms. The van der Waals surface area contributed by atoms with Crippen molar-refractivity contribution in [2.24, 2.45) is 10.9 Å². The summed E-state index contributed by atoms with van der Waals surface area (Å²) in [5, 5.41) is 2.81. The van der Waals surface area contributed by atoms with Gasteiger partial charge in [0.2, 0.25) is 0 Å². The van der Waals surface area contributed by atoms with Crippen molar-refractivity contribution < 1.29 is 19.1 Å². The Morgan fingerprint density at radius 2 is 1.72 bits per heavy atom. The number of nitrogens with zero attached hydrogens (tertiary/aromatic N) is 2. The van der Waals surface area contributed by atoms with E-state index in [1.807, 2.05) is 53.9 Å². The Hall–Kier alpha value is -3.78. The lowest BCUT2D eigenvalue weighted by Crippen LogP contribution is -2.36. The van der Waals surface area contributed by atoms with Gasteiger partial charge in [0.05, 0.1) is 24.5 Å². The first-order valence-electron chi connectivity index (χ1n) is 11.9. The van der Waals surface area contributed by atoms with Gasteiger partial charge >= 0.3 is 11.9 Å². The Morgan fingerprint density at radius 3 is 2.44 bits per heavy atom. The molecule has 1 aromatic heterocycles. The largest absolute Gasteiger partial charge is 0.465 e. The SMILES string of the molecule is CCOC(=O)C1=C(C)N=C(C)C(C(=O)OCC)C1c1cccc(-c2nc(-c3cccc(N)c3)cs2)c1. The van der Waals surface area contributed by atoms with Crippen LogP contribution in [0.4, 0.5) is 5.69 Å². The molecule has 8 heteroatoms. The summed E-state index contributed by atoms with van der Waals surface area (Å²) < 4.78 is 10.8. The first-order chi connectivity index (χ1) is 17.3. The molecule has 2 unspecified atom stereocenters. The van der Waals surface area contributed by atoms with E-state index in [2.05, 4.69) is 4.99 Å². The maximum atomic E-state index is 13.1. The second-order valence-corrected chi connectivity index (χ2v) is 9.33. The van der Waals surface area contributed by atoms with Gasteiger partial charge in [0.25, 0.3) is 0 Å². The summed E-state index contributed by atoms with van der Waals surface area (Å²) in [5.74, 6) is -2.22. The number of ether oxygens (including phenoxy) is 2. The van der Waals surface area contributed by atoms with Crippen LogP contribution < -0.4 is 5.73 Å². The highest BCUT2D eigenvalue weighted by Gasteiger charge is 2.42. The normalized spacial score (nSPS) is 17.5. The number of allylic oxidation sites excluding steroid dienone is 1. The molecule has 0 bridgehead atoms.